The molecule has 2 aromatic heterocycles. The lowest BCUT2D eigenvalue weighted by atomic mass is 9.88. The van der Waals surface area contributed by atoms with Crippen molar-refractivity contribution in [2.24, 2.45) is 11.7 Å². The predicted octanol–water partition coefficient (Wildman–Crippen LogP) is 4.76. The Labute approximate surface area is 195 Å². The largest absolute Gasteiger partial charge is 0.457 e. The molecule has 3 aromatic rings. The molecule has 6 nitrogen and oxygen atoms in total. The molecule has 1 aliphatic rings. The molecule has 0 fully saturated rings. The normalized spacial score (nSPS) is 15.3. The van der Waals surface area contributed by atoms with Gasteiger partial charge in [0.2, 0.25) is 5.91 Å². The van der Waals surface area contributed by atoms with Gasteiger partial charge in [-0.15, -0.1) is 11.3 Å². The number of nitrogens with two attached hydrogens (primary N) is 1. The molecule has 0 spiro atoms. The SMILES string of the molecule is CC1CCc2c(sc(NC(=S)NC(=O)/C=C/c3ccc(-c4ccccc4)o3)c2C(N)=O)C1. The molecular formula is C24H23N3O3S2. The van der Waals surface area contributed by atoms with Gasteiger partial charge >= 0.3 is 0 Å². The van der Waals surface area contributed by atoms with Crippen molar-refractivity contribution in [3.8, 4) is 11.3 Å². The van der Waals surface area contributed by atoms with E-state index in [-0.39, 0.29) is 5.11 Å². The third-order valence-electron chi connectivity index (χ3n) is 5.31. The first kappa shape index (κ1) is 22.0. The van der Waals surface area contributed by atoms with Gasteiger partial charge in [0.1, 0.15) is 16.5 Å². The van der Waals surface area contributed by atoms with E-state index < -0.39 is 11.8 Å². The maximum atomic E-state index is 12.3. The highest BCUT2D eigenvalue weighted by atomic mass is 32.1. The molecule has 0 saturated carbocycles. The van der Waals surface area contributed by atoms with Crippen molar-refractivity contribution < 1.29 is 14.0 Å². The number of carbonyl (C=O) groups excluding carboxylic acids is 2. The van der Waals surface area contributed by atoms with Crippen molar-refractivity contribution in [2.75, 3.05) is 5.32 Å². The summed E-state index contributed by atoms with van der Waals surface area (Å²) >= 11 is 6.75. The molecule has 4 N–H and O–H groups in total. The Hall–Kier alpha value is -3.23. The number of nitrogens with one attached hydrogen (secondary N) is 2. The van der Waals surface area contributed by atoms with Gasteiger partial charge in [-0.05, 0) is 61.2 Å². The molecule has 0 radical (unpaired) electrons. The van der Waals surface area contributed by atoms with Crippen LogP contribution in [0.5, 0.6) is 0 Å². The molecule has 4 rings (SSSR count). The van der Waals surface area contributed by atoms with Crippen molar-refractivity contribution in [1.29, 1.82) is 0 Å². The van der Waals surface area contributed by atoms with Gasteiger partial charge in [-0.2, -0.15) is 0 Å². The topological polar surface area (TPSA) is 97.4 Å². The molecule has 1 aliphatic carbocycles. The molecule has 0 bridgehead atoms. The Bertz CT molecular complexity index is 1190. The van der Waals surface area contributed by atoms with Gasteiger partial charge in [0.05, 0.1) is 5.56 Å². The zero-order valence-corrected chi connectivity index (χ0v) is 19.1. The first-order chi connectivity index (χ1) is 15.4. The van der Waals surface area contributed by atoms with Crippen LogP contribution in [0.1, 0.15) is 39.9 Å². The summed E-state index contributed by atoms with van der Waals surface area (Å²) in [6.07, 6.45) is 5.68. The number of benzene rings is 1. The van der Waals surface area contributed by atoms with Gasteiger partial charge in [0.25, 0.3) is 5.91 Å². The monoisotopic (exact) mass is 465 g/mol. The van der Waals surface area contributed by atoms with Crippen LogP contribution in [-0.4, -0.2) is 16.9 Å². The third-order valence-corrected chi connectivity index (χ3v) is 6.68. The summed E-state index contributed by atoms with van der Waals surface area (Å²) < 4.78 is 5.75. The van der Waals surface area contributed by atoms with Crippen LogP contribution in [0.2, 0.25) is 0 Å². The molecule has 2 heterocycles. The first-order valence-electron chi connectivity index (χ1n) is 10.3. The van der Waals surface area contributed by atoms with Crippen LogP contribution in [-0.2, 0) is 17.6 Å². The maximum absolute atomic E-state index is 12.3. The Morgan fingerprint density at radius 3 is 2.75 bits per heavy atom. The van der Waals surface area contributed by atoms with E-state index in [1.165, 1.54) is 17.4 Å². The molecule has 8 heteroatoms. The Balaban J connectivity index is 1.39. The Morgan fingerprint density at radius 2 is 2.00 bits per heavy atom. The van der Waals surface area contributed by atoms with E-state index >= 15 is 0 Å². The fourth-order valence-corrected chi connectivity index (χ4v) is 5.43. The van der Waals surface area contributed by atoms with Crippen LogP contribution in [0.25, 0.3) is 17.4 Å². The molecule has 2 amide bonds. The van der Waals surface area contributed by atoms with Crippen LogP contribution in [0.3, 0.4) is 0 Å². The van der Waals surface area contributed by atoms with Crippen LogP contribution < -0.4 is 16.4 Å². The summed E-state index contributed by atoms with van der Waals surface area (Å²) in [6.45, 7) is 2.19. The first-order valence-corrected chi connectivity index (χ1v) is 11.5. The van der Waals surface area contributed by atoms with Crippen molar-refractivity contribution in [3.63, 3.8) is 0 Å². The Kier molecular flexibility index (Phi) is 6.53. The molecule has 0 aliphatic heterocycles. The average Bonchev–Trinajstić information content (AvgIpc) is 3.36. The minimum atomic E-state index is -0.486. The second kappa shape index (κ2) is 9.50. The highest BCUT2D eigenvalue weighted by Gasteiger charge is 2.26. The lowest BCUT2D eigenvalue weighted by molar-refractivity contribution is -0.115. The van der Waals surface area contributed by atoms with Gasteiger partial charge in [-0.25, -0.2) is 0 Å². The van der Waals surface area contributed by atoms with Crippen molar-refractivity contribution in [3.05, 3.63) is 70.3 Å². The van der Waals surface area contributed by atoms with Gasteiger partial charge in [0, 0.05) is 16.5 Å². The number of furan rings is 1. The van der Waals surface area contributed by atoms with Crippen molar-refractivity contribution in [2.45, 2.75) is 26.2 Å². The van der Waals surface area contributed by atoms with Gasteiger partial charge in [-0.3, -0.25) is 14.9 Å². The highest BCUT2D eigenvalue weighted by Crippen LogP contribution is 2.39. The molecule has 1 atom stereocenters. The number of primary amides is 1. The summed E-state index contributed by atoms with van der Waals surface area (Å²) in [5.41, 5.74) is 8.07. The molecule has 1 unspecified atom stereocenters. The lowest BCUT2D eigenvalue weighted by Gasteiger charge is -2.18. The second-order valence-corrected chi connectivity index (χ2v) is 9.28. The van der Waals surface area contributed by atoms with Crippen LogP contribution in [0.15, 0.2) is 53.0 Å². The van der Waals surface area contributed by atoms with E-state index in [1.807, 2.05) is 36.4 Å². The molecule has 32 heavy (non-hydrogen) atoms. The number of fused-ring (bicyclic) bond motifs is 1. The van der Waals surface area contributed by atoms with E-state index in [4.69, 9.17) is 22.4 Å². The van der Waals surface area contributed by atoms with Crippen LogP contribution in [0.4, 0.5) is 5.00 Å². The van der Waals surface area contributed by atoms with Crippen LogP contribution in [0, 0.1) is 5.92 Å². The summed E-state index contributed by atoms with van der Waals surface area (Å²) in [7, 11) is 0. The summed E-state index contributed by atoms with van der Waals surface area (Å²) in [6, 6.07) is 13.3. The number of anilines is 1. The van der Waals surface area contributed by atoms with E-state index in [2.05, 4.69) is 17.6 Å². The van der Waals surface area contributed by atoms with E-state index in [9.17, 15) is 9.59 Å². The Morgan fingerprint density at radius 1 is 1.22 bits per heavy atom. The number of amides is 2. The fraction of sp³-hybridized carbons (Fsp3) is 0.208. The lowest BCUT2D eigenvalue weighted by Crippen LogP contribution is -2.33. The van der Waals surface area contributed by atoms with Gasteiger partial charge in [-0.1, -0.05) is 37.3 Å². The molecule has 0 saturated heterocycles. The molecular weight excluding hydrogens is 442 g/mol. The number of thiophene rings is 1. The predicted molar refractivity (Wildman–Crippen MR) is 132 cm³/mol. The number of rotatable bonds is 5. The standard InChI is InChI=1S/C24H23N3O3S2/c1-14-7-10-17-19(13-14)32-23(21(17)22(25)29)27-24(31)26-20(28)12-9-16-8-11-18(30-16)15-5-3-2-4-6-15/h2-6,8-9,11-12,14H,7,10,13H2,1H3,(H2,25,29)(H2,26,27,28,31)/b12-9+. The zero-order chi connectivity index (χ0) is 22.7. The van der Waals surface area contributed by atoms with E-state index in [1.54, 1.807) is 12.1 Å². The van der Waals surface area contributed by atoms with Crippen molar-refractivity contribution in [1.82, 2.24) is 5.32 Å². The fourth-order valence-electron chi connectivity index (χ4n) is 3.75. The van der Waals surface area contributed by atoms with Crippen molar-refractivity contribution >= 4 is 51.6 Å². The highest BCUT2D eigenvalue weighted by molar-refractivity contribution is 7.80. The van der Waals surface area contributed by atoms with Gasteiger partial charge < -0.3 is 15.5 Å². The molecule has 164 valence electrons. The smallest absolute Gasteiger partial charge is 0.251 e. The average molecular weight is 466 g/mol. The zero-order valence-electron chi connectivity index (χ0n) is 17.5. The van der Waals surface area contributed by atoms with Gasteiger partial charge in [0.15, 0.2) is 5.11 Å². The minimum absolute atomic E-state index is 0.109. The number of thiocarbonyl (C=S) groups is 1. The summed E-state index contributed by atoms with van der Waals surface area (Å²) in [5, 5.41) is 6.28. The summed E-state index contributed by atoms with van der Waals surface area (Å²) in [5.74, 6) is 0.943. The minimum Gasteiger partial charge on any atom is -0.457 e. The van der Waals surface area contributed by atoms with Crippen LogP contribution >= 0.6 is 23.6 Å². The second-order valence-electron chi connectivity index (χ2n) is 7.76. The number of hydrogen-bond donors (Lipinski definition) is 3. The third kappa shape index (κ3) is 4.98. The van der Waals surface area contributed by atoms with E-state index in [0.717, 1.165) is 41.0 Å². The quantitative estimate of drug-likeness (QED) is 0.373. The molecule has 1 aromatic carbocycles. The van der Waals surface area contributed by atoms with E-state index in [0.29, 0.717) is 22.2 Å². The number of carbonyl (C=O) groups is 2. The summed E-state index contributed by atoms with van der Waals surface area (Å²) in [4.78, 5) is 25.5. The maximum Gasteiger partial charge on any atom is 0.251 e. The number of hydrogen-bond acceptors (Lipinski definition) is 5.